The van der Waals surface area contributed by atoms with Crippen LogP contribution in [-0.2, 0) is 14.3 Å². The van der Waals surface area contributed by atoms with E-state index < -0.39 is 17.7 Å². The minimum absolute atomic E-state index is 0.0406. The maximum atomic E-state index is 14.3. The number of rotatable bonds is 3. The number of esters is 1. The van der Waals surface area contributed by atoms with Crippen molar-refractivity contribution in [3.8, 4) is 6.07 Å². The molecule has 1 aliphatic rings. The molecular weight excluding hydrogens is 323 g/mol. The summed E-state index contributed by atoms with van der Waals surface area (Å²) in [5.74, 6) is -2.36. The van der Waals surface area contributed by atoms with Gasteiger partial charge < -0.3 is 15.2 Å². The molecule has 1 heterocycles. The molecule has 120 valence electrons. The molecule has 0 radical (unpaired) electrons. The van der Waals surface area contributed by atoms with Crippen LogP contribution in [-0.4, -0.2) is 12.6 Å². The van der Waals surface area contributed by atoms with E-state index >= 15 is 0 Å². The second kappa shape index (κ2) is 6.71. The van der Waals surface area contributed by atoms with Crippen molar-refractivity contribution in [2.45, 2.75) is 19.8 Å². The fraction of sp³-hybridized carbons (Fsp3) is 0.250. The summed E-state index contributed by atoms with van der Waals surface area (Å²) in [6.45, 7) is 3.28. The fourth-order valence-corrected chi connectivity index (χ4v) is 2.56. The molecule has 0 saturated carbocycles. The SMILES string of the molecule is CCOC(=O)C1=C(C)OC(N)=C(C#N)C1c1ccc(Cl)cc1F. The van der Waals surface area contributed by atoms with Gasteiger partial charge in [-0.1, -0.05) is 17.7 Å². The highest BCUT2D eigenvalue weighted by Crippen LogP contribution is 2.40. The van der Waals surface area contributed by atoms with E-state index in [1.165, 1.54) is 19.1 Å². The molecule has 0 spiro atoms. The summed E-state index contributed by atoms with van der Waals surface area (Å²) in [5.41, 5.74) is 5.81. The normalized spacial score (nSPS) is 17.6. The van der Waals surface area contributed by atoms with Crippen molar-refractivity contribution < 1.29 is 18.7 Å². The number of carbonyl (C=O) groups is 1. The molecule has 2 N–H and O–H groups in total. The summed E-state index contributed by atoms with van der Waals surface area (Å²) in [6, 6.07) is 5.86. The van der Waals surface area contributed by atoms with Crippen molar-refractivity contribution in [1.82, 2.24) is 0 Å². The van der Waals surface area contributed by atoms with Gasteiger partial charge in [-0.25, -0.2) is 9.18 Å². The highest BCUT2D eigenvalue weighted by molar-refractivity contribution is 6.30. The number of nitrogens with zero attached hydrogens (tertiary/aromatic N) is 1. The predicted molar refractivity (Wildman–Crippen MR) is 81.4 cm³/mol. The van der Waals surface area contributed by atoms with Crippen molar-refractivity contribution in [2.75, 3.05) is 6.61 Å². The first-order valence-corrected chi connectivity index (χ1v) is 7.18. The molecule has 0 aliphatic carbocycles. The summed E-state index contributed by atoms with van der Waals surface area (Å²) >= 11 is 5.76. The van der Waals surface area contributed by atoms with Crippen molar-refractivity contribution in [2.24, 2.45) is 5.73 Å². The molecular formula is C16H14ClFN2O3. The Balaban J connectivity index is 2.66. The van der Waals surface area contributed by atoms with Crippen LogP contribution in [0, 0.1) is 17.1 Å². The number of nitrogens with two attached hydrogens (primary N) is 1. The summed E-state index contributed by atoms with van der Waals surface area (Å²) < 4.78 is 24.6. The smallest absolute Gasteiger partial charge is 0.338 e. The average Bonchev–Trinajstić information content (AvgIpc) is 2.46. The lowest BCUT2D eigenvalue weighted by Gasteiger charge is -2.27. The first-order chi connectivity index (χ1) is 10.9. The Bertz CT molecular complexity index is 765. The Hall–Kier alpha value is -2.52. The van der Waals surface area contributed by atoms with Gasteiger partial charge in [0.25, 0.3) is 0 Å². The molecule has 0 bridgehead atoms. The molecule has 7 heteroatoms. The Morgan fingerprint density at radius 2 is 2.26 bits per heavy atom. The van der Waals surface area contributed by atoms with Crippen molar-refractivity contribution in [3.63, 3.8) is 0 Å². The number of ether oxygens (including phenoxy) is 2. The number of hydrogen-bond donors (Lipinski definition) is 1. The van der Waals surface area contributed by atoms with Crippen LogP contribution in [0.5, 0.6) is 0 Å². The summed E-state index contributed by atoms with van der Waals surface area (Å²) in [5, 5.41) is 9.56. The first-order valence-electron chi connectivity index (χ1n) is 6.81. The molecule has 2 rings (SSSR count). The van der Waals surface area contributed by atoms with Gasteiger partial charge in [-0.3, -0.25) is 0 Å². The van der Waals surface area contributed by atoms with Crippen molar-refractivity contribution in [1.29, 1.82) is 5.26 Å². The standard InChI is InChI=1S/C16H14ClFN2O3/c1-3-22-16(21)13-8(2)23-15(20)11(7-19)14(13)10-5-4-9(17)6-12(10)18/h4-6,14H,3,20H2,1-2H3. The molecule has 0 aromatic heterocycles. The topological polar surface area (TPSA) is 85.3 Å². The van der Waals surface area contributed by atoms with Crippen LogP contribution < -0.4 is 5.73 Å². The maximum Gasteiger partial charge on any atom is 0.338 e. The van der Waals surface area contributed by atoms with Crippen molar-refractivity contribution >= 4 is 17.6 Å². The summed E-state index contributed by atoms with van der Waals surface area (Å²) in [7, 11) is 0. The summed E-state index contributed by atoms with van der Waals surface area (Å²) in [6.07, 6.45) is 0. The third-order valence-corrected chi connectivity index (χ3v) is 3.61. The maximum absolute atomic E-state index is 14.3. The van der Waals surface area contributed by atoms with Crippen LogP contribution in [0.4, 0.5) is 4.39 Å². The van der Waals surface area contributed by atoms with Gasteiger partial charge in [0.1, 0.15) is 23.2 Å². The van der Waals surface area contributed by atoms with E-state index in [0.29, 0.717) is 0 Å². The fourth-order valence-electron chi connectivity index (χ4n) is 2.40. The Labute approximate surface area is 137 Å². The van der Waals surface area contributed by atoms with Crippen LogP contribution in [0.25, 0.3) is 0 Å². The van der Waals surface area contributed by atoms with Gasteiger partial charge in [0.05, 0.1) is 18.1 Å². The van der Waals surface area contributed by atoms with Crippen LogP contribution in [0.15, 0.2) is 41.0 Å². The molecule has 5 nitrogen and oxygen atoms in total. The molecule has 0 saturated heterocycles. The van der Waals surface area contributed by atoms with Crippen LogP contribution >= 0.6 is 11.6 Å². The number of hydrogen-bond acceptors (Lipinski definition) is 5. The van der Waals surface area contributed by atoms with E-state index in [1.54, 1.807) is 6.92 Å². The third kappa shape index (κ3) is 3.15. The van der Waals surface area contributed by atoms with E-state index in [2.05, 4.69) is 0 Å². The zero-order valence-electron chi connectivity index (χ0n) is 12.5. The van der Waals surface area contributed by atoms with Gasteiger partial charge in [-0.15, -0.1) is 0 Å². The second-order valence-corrected chi connectivity index (χ2v) is 5.22. The number of halogens is 2. The van der Waals surface area contributed by atoms with Crippen LogP contribution in [0.1, 0.15) is 25.3 Å². The quantitative estimate of drug-likeness (QED) is 0.857. The largest absolute Gasteiger partial charge is 0.463 e. The van der Waals surface area contributed by atoms with E-state index in [0.717, 1.165) is 6.07 Å². The molecule has 23 heavy (non-hydrogen) atoms. The lowest BCUT2D eigenvalue weighted by Crippen LogP contribution is -2.26. The second-order valence-electron chi connectivity index (χ2n) is 4.78. The third-order valence-electron chi connectivity index (χ3n) is 3.37. The molecule has 1 aromatic carbocycles. The van der Waals surface area contributed by atoms with Gasteiger partial charge in [-0.05, 0) is 26.0 Å². The molecule has 1 atom stereocenters. The van der Waals surface area contributed by atoms with E-state index in [-0.39, 0.29) is 40.0 Å². The minimum atomic E-state index is -1.01. The Morgan fingerprint density at radius 3 is 2.83 bits per heavy atom. The highest BCUT2D eigenvalue weighted by Gasteiger charge is 2.37. The molecule has 0 amide bonds. The van der Waals surface area contributed by atoms with Crippen LogP contribution in [0.2, 0.25) is 5.02 Å². The number of allylic oxidation sites excluding steroid dienone is 2. The zero-order valence-corrected chi connectivity index (χ0v) is 13.3. The molecule has 1 unspecified atom stereocenters. The van der Waals surface area contributed by atoms with E-state index in [9.17, 15) is 14.4 Å². The molecule has 0 fully saturated rings. The van der Waals surface area contributed by atoms with E-state index in [4.69, 9.17) is 26.8 Å². The number of benzene rings is 1. The van der Waals surface area contributed by atoms with E-state index in [1.807, 2.05) is 6.07 Å². The lowest BCUT2D eigenvalue weighted by atomic mass is 9.83. The van der Waals surface area contributed by atoms with Crippen molar-refractivity contribution in [3.05, 3.63) is 57.4 Å². The van der Waals surface area contributed by atoms with Gasteiger partial charge in [0, 0.05) is 10.6 Å². The van der Waals surface area contributed by atoms with Gasteiger partial charge in [0.2, 0.25) is 5.88 Å². The monoisotopic (exact) mass is 336 g/mol. The van der Waals surface area contributed by atoms with Gasteiger partial charge >= 0.3 is 5.97 Å². The van der Waals surface area contributed by atoms with Gasteiger partial charge in [0.15, 0.2) is 0 Å². The predicted octanol–water partition coefficient (Wildman–Crippen LogP) is 3.12. The van der Waals surface area contributed by atoms with Gasteiger partial charge in [-0.2, -0.15) is 5.26 Å². The zero-order chi connectivity index (χ0) is 17.1. The lowest BCUT2D eigenvalue weighted by molar-refractivity contribution is -0.139. The summed E-state index contributed by atoms with van der Waals surface area (Å²) in [4.78, 5) is 12.3. The number of carbonyl (C=O) groups excluding carboxylic acids is 1. The number of nitriles is 1. The highest BCUT2D eigenvalue weighted by atomic mass is 35.5. The Kier molecular flexibility index (Phi) is 4.92. The Morgan fingerprint density at radius 1 is 1.57 bits per heavy atom. The van der Waals surface area contributed by atoms with Crippen LogP contribution in [0.3, 0.4) is 0 Å². The first kappa shape index (κ1) is 16.8. The molecule has 1 aromatic rings. The molecule has 1 aliphatic heterocycles. The minimum Gasteiger partial charge on any atom is -0.463 e. The average molecular weight is 337 g/mol.